The molecule has 2 aliphatic rings. The molecule has 1 N–H and O–H groups in total. The van der Waals surface area contributed by atoms with Crippen molar-refractivity contribution in [1.82, 2.24) is 9.80 Å². The van der Waals surface area contributed by atoms with Crippen molar-refractivity contribution >= 4 is 11.8 Å². The number of aliphatic hydroxyl groups excluding tert-OH is 1. The summed E-state index contributed by atoms with van der Waals surface area (Å²) in [4.78, 5) is 29.6. The normalized spacial score (nSPS) is 19.8. The number of ether oxygens (including phenoxy) is 2. The highest BCUT2D eigenvalue weighted by molar-refractivity contribution is 6.21. The van der Waals surface area contributed by atoms with Gasteiger partial charge in [0, 0.05) is 25.1 Å². The number of likely N-dealkylation sites (N-methyl/N-ethyl adjacent to an activating group) is 1. The predicted molar refractivity (Wildman–Crippen MR) is 169 cm³/mol. The molecule has 2 heterocycles. The molecule has 0 saturated carbocycles. The van der Waals surface area contributed by atoms with E-state index in [1.54, 1.807) is 24.3 Å². The summed E-state index contributed by atoms with van der Waals surface area (Å²) >= 11 is 0. The van der Waals surface area contributed by atoms with Crippen LogP contribution in [0.15, 0.2) is 110 Å². The minimum Gasteiger partial charge on any atom is -0.392 e. The summed E-state index contributed by atoms with van der Waals surface area (Å²) in [6, 6.07) is 30.8. The Labute approximate surface area is 258 Å². The van der Waals surface area contributed by atoms with Gasteiger partial charge < -0.3 is 19.5 Å². The van der Waals surface area contributed by atoms with E-state index in [0.29, 0.717) is 17.5 Å². The van der Waals surface area contributed by atoms with Crippen molar-refractivity contribution in [2.75, 3.05) is 20.1 Å². The number of rotatable bonds is 10. The Morgan fingerprint density at radius 3 is 2.09 bits per heavy atom. The summed E-state index contributed by atoms with van der Waals surface area (Å²) in [6.07, 6.45) is 1.81. The van der Waals surface area contributed by atoms with E-state index in [0.717, 1.165) is 46.5 Å². The third kappa shape index (κ3) is 6.14. The number of hydrogen-bond acceptors (Lipinski definition) is 6. The summed E-state index contributed by atoms with van der Waals surface area (Å²) < 4.78 is 13.0. The average Bonchev–Trinajstić information content (AvgIpc) is 3.30. The van der Waals surface area contributed by atoms with Crippen LogP contribution in [0, 0.1) is 0 Å². The van der Waals surface area contributed by atoms with Gasteiger partial charge in [0.25, 0.3) is 11.8 Å². The molecule has 4 aromatic carbocycles. The van der Waals surface area contributed by atoms with E-state index >= 15 is 0 Å². The van der Waals surface area contributed by atoms with Crippen LogP contribution in [0.5, 0.6) is 0 Å². The Bertz CT molecular complexity index is 1610. The molecule has 2 aliphatic heterocycles. The molecule has 3 atom stereocenters. The number of fused-ring (bicyclic) bond motifs is 1. The zero-order valence-electron chi connectivity index (χ0n) is 24.8. The maximum Gasteiger partial charge on any atom is 0.261 e. The quantitative estimate of drug-likeness (QED) is 0.173. The van der Waals surface area contributed by atoms with Gasteiger partial charge in [-0.1, -0.05) is 91.0 Å². The van der Waals surface area contributed by atoms with Crippen LogP contribution in [0.2, 0.25) is 0 Å². The van der Waals surface area contributed by atoms with Gasteiger partial charge in [0.2, 0.25) is 0 Å². The van der Waals surface area contributed by atoms with Crippen LogP contribution in [0.25, 0.3) is 11.1 Å². The molecule has 0 bridgehead atoms. The Kier molecular flexibility index (Phi) is 8.82. The SMILES string of the molecule is C=CCN(C)C[C@@H]1C[C@H](c2ccc(CO)cc2)O[C@H](c2ccc(-c3ccccc3CN3C(=O)c4ccccc4C3=O)cc2)O1. The lowest BCUT2D eigenvalue weighted by Gasteiger charge is -2.37. The van der Waals surface area contributed by atoms with Gasteiger partial charge in [0.15, 0.2) is 6.29 Å². The molecule has 7 heteroatoms. The summed E-state index contributed by atoms with van der Waals surface area (Å²) in [5.41, 5.74) is 6.51. The van der Waals surface area contributed by atoms with Gasteiger partial charge in [0.05, 0.1) is 36.5 Å². The third-order valence-electron chi connectivity index (χ3n) is 8.29. The molecule has 0 aliphatic carbocycles. The van der Waals surface area contributed by atoms with E-state index in [1.165, 1.54) is 4.90 Å². The van der Waals surface area contributed by atoms with E-state index in [1.807, 2.05) is 78.9 Å². The van der Waals surface area contributed by atoms with Crippen molar-refractivity contribution in [2.24, 2.45) is 0 Å². The lowest BCUT2D eigenvalue weighted by Crippen LogP contribution is -2.37. The van der Waals surface area contributed by atoms with Crippen molar-refractivity contribution in [3.05, 3.63) is 143 Å². The highest BCUT2D eigenvalue weighted by Gasteiger charge is 2.36. The Hall–Kier alpha value is -4.40. The lowest BCUT2D eigenvalue weighted by molar-refractivity contribution is -0.252. The van der Waals surface area contributed by atoms with E-state index < -0.39 is 6.29 Å². The first kappa shape index (κ1) is 29.7. The molecular weight excluding hydrogens is 552 g/mol. The van der Waals surface area contributed by atoms with Crippen LogP contribution < -0.4 is 0 Å². The highest BCUT2D eigenvalue weighted by Crippen LogP contribution is 2.39. The maximum absolute atomic E-state index is 13.0. The maximum atomic E-state index is 13.0. The van der Waals surface area contributed by atoms with Crippen molar-refractivity contribution in [3.8, 4) is 11.1 Å². The Morgan fingerprint density at radius 2 is 1.45 bits per heavy atom. The molecule has 1 saturated heterocycles. The molecule has 0 aromatic heterocycles. The van der Waals surface area contributed by atoms with Crippen molar-refractivity contribution in [1.29, 1.82) is 0 Å². The summed E-state index contributed by atoms with van der Waals surface area (Å²) in [7, 11) is 2.05. The average molecular weight is 589 g/mol. The van der Waals surface area contributed by atoms with E-state index in [-0.39, 0.29) is 37.2 Å². The van der Waals surface area contributed by atoms with Crippen LogP contribution in [0.4, 0.5) is 0 Å². The number of imide groups is 1. The van der Waals surface area contributed by atoms with E-state index in [2.05, 4.69) is 18.5 Å². The first-order valence-corrected chi connectivity index (χ1v) is 14.9. The topological polar surface area (TPSA) is 79.3 Å². The number of hydrogen-bond donors (Lipinski definition) is 1. The van der Waals surface area contributed by atoms with Gasteiger partial charge in [-0.15, -0.1) is 6.58 Å². The monoisotopic (exact) mass is 588 g/mol. The number of aliphatic hydroxyl groups is 1. The van der Waals surface area contributed by atoms with Crippen LogP contribution >= 0.6 is 0 Å². The van der Waals surface area contributed by atoms with Gasteiger partial charge in [-0.05, 0) is 47.0 Å². The number of carbonyl (C=O) groups excluding carboxylic acids is 2. The fourth-order valence-electron chi connectivity index (χ4n) is 5.99. The molecule has 1 fully saturated rings. The van der Waals surface area contributed by atoms with Gasteiger partial charge >= 0.3 is 0 Å². The summed E-state index contributed by atoms with van der Waals surface area (Å²) in [5, 5.41) is 9.48. The minimum atomic E-state index is -0.559. The van der Waals surface area contributed by atoms with E-state index in [9.17, 15) is 14.7 Å². The number of carbonyl (C=O) groups is 2. The molecule has 0 spiro atoms. The second kappa shape index (κ2) is 13.1. The van der Waals surface area contributed by atoms with Crippen LogP contribution in [-0.2, 0) is 22.6 Å². The fourth-order valence-corrected chi connectivity index (χ4v) is 5.99. The Morgan fingerprint density at radius 1 is 0.841 bits per heavy atom. The van der Waals surface area contributed by atoms with Crippen LogP contribution in [0.1, 0.15) is 61.8 Å². The smallest absolute Gasteiger partial charge is 0.261 e. The fraction of sp³-hybridized carbons (Fsp3) is 0.243. The molecule has 224 valence electrons. The standard InChI is InChI=1S/C37H36N2O5/c1-3-20-38(2)23-30-21-34(27-14-12-25(24-40)13-15-27)44-37(43-30)28-18-16-26(17-19-28)31-9-5-4-8-29(31)22-39-35(41)32-10-6-7-11-33(32)36(39)42/h3-19,30,34,37,40H,1,20-24H2,2H3/t30-,34+,37+/m0/s1. The number of benzene rings is 4. The van der Waals surface area contributed by atoms with Crippen molar-refractivity contribution in [2.45, 2.75) is 38.1 Å². The predicted octanol–water partition coefficient (Wildman–Crippen LogP) is 6.31. The van der Waals surface area contributed by atoms with Gasteiger partial charge in [-0.25, -0.2) is 0 Å². The molecule has 2 amide bonds. The van der Waals surface area contributed by atoms with Crippen molar-refractivity contribution in [3.63, 3.8) is 0 Å². The molecule has 4 aromatic rings. The van der Waals surface area contributed by atoms with Gasteiger partial charge in [0.1, 0.15) is 0 Å². The molecule has 0 unspecified atom stereocenters. The van der Waals surface area contributed by atoms with Crippen LogP contribution in [0.3, 0.4) is 0 Å². The molecule has 6 rings (SSSR count). The molecular formula is C37H36N2O5. The number of nitrogens with zero attached hydrogens (tertiary/aromatic N) is 2. The van der Waals surface area contributed by atoms with Gasteiger partial charge in [-0.3, -0.25) is 14.5 Å². The molecule has 0 radical (unpaired) electrons. The third-order valence-corrected chi connectivity index (χ3v) is 8.29. The molecule has 44 heavy (non-hydrogen) atoms. The zero-order valence-corrected chi connectivity index (χ0v) is 24.8. The lowest BCUT2D eigenvalue weighted by atomic mass is 9.97. The highest BCUT2D eigenvalue weighted by atomic mass is 16.7. The van der Waals surface area contributed by atoms with Crippen molar-refractivity contribution < 1.29 is 24.2 Å². The second-order valence-electron chi connectivity index (χ2n) is 11.4. The summed E-state index contributed by atoms with van der Waals surface area (Å²) in [6.45, 7) is 5.54. The van der Waals surface area contributed by atoms with Crippen LogP contribution in [-0.4, -0.2) is 53.0 Å². The summed E-state index contributed by atoms with van der Waals surface area (Å²) in [5.74, 6) is -0.535. The minimum absolute atomic E-state index is 0.000285. The second-order valence-corrected chi connectivity index (χ2v) is 11.4. The first-order valence-electron chi connectivity index (χ1n) is 14.9. The molecule has 7 nitrogen and oxygen atoms in total. The van der Waals surface area contributed by atoms with Gasteiger partial charge in [-0.2, -0.15) is 0 Å². The number of amides is 2. The largest absolute Gasteiger partial charge is 0.392 e. The Balaban J connectivity index is 1.23. The zero-order chi connectivity index (χ0) is 30.6. The first-order chi connectivity index (χ1) is 21.4. The van der Waals surface area contributed by atoms with E-state index in [4.69, 9.17) is 9.47 Å².